The first kappa shape index (κ1) is 13.9. The van der Waals surface area contributed by atoms with Crippen LogP contribution in [0.1, 0.15) is 44.6 Å². The zero-order valence-corrected chi connectivity index (χ0v) is 12.5. The molecule has 0 aliphatic heterocycles. The van der Waals surface area contributed by atoms with E-state index < -0.39 is 0 Å². The lowest BCUT2D eigenvalue weighted by molar-refractivity contribution is 0.306. The molecule has 1 aliphatic carbocycles. The van der Waals surface area contributed by atoms with Crippen molar-refractivity contribution < 1.29 is 0 Å². The van der Waals surface area contributed by atoms with Crippen molar-refractivity contribution in [3.05, 3.63) is 35.9 Å². The van der Waals surface area contributed by atoms with Gasteiger partial charge in [-0.25, -0.2) is 4.98 Å². The molecule has 0 saturated heterocycles. The predicted molar refractivity (Wildman–Crippen MR) is 86.1 cm³/mol. The maximum atomic E-state index is 9.36. The van der Waals surface area contributed by atoms with Crippen molar-refractivity contribution in [1.29, 1.82) is 5.26 Å². The van der Waals surface area contributed by atoms with Gasteiger partial charge in [0.05, 0.1) is 11.1 Å². The van der Waals surface area contributed by atoms with Gasteiger partial charge in [-0.3, -0.25) is 0 Å². The molecule has 0 spiro atoms. The van der Waals surface area contributed by atoms with Crippen molar-refractivity contribution >= 4 is 16.7 Å². The number of benzene rings is 1. The lowest BCUT2D eigenvalue weighted by atomic mass is 9.83. The van der Waals surface area contributed by atoms with Gasteiger partial charge in [0.25, 0.3) is 0 Å². The number of pyridine rings is 1. The van der Waals surface area contributed by atoms with Crippen molar-refractivity contribution in [1.82, 2.24) is 4.98 Å². The molecule has 1 aromatic heterocycles. The fourth-order valence-corrected chi connectivity index (χ4v) is 3.39. The normalized spacial score (nSPS) is 16.8. The Labute approximate surface area is 126 Å². The van der Waals surface area contributed by atoms with E-state index in [1.807, 2.05) is 30.3 Å². The monoisotopic (exact) mass is 279 g/mol. The van der Waals surface area contributed by atoms with Crippen LogP contribution in [0.5, 0.6) is 0 Å². The van der Waals surface area contributed by atoms with E-state index in [4.69, 9.17) is 0 Å². The summed E-state index contributed by atoms with van der Waals surface area (Å²) in [4.78, 5) is 4.64. The van der Waals surface area contributed by atoms with Crippen LogP contribution >= 0.6 is 0 Å². The highest BCUT2D eigenvalue weighted by molar-refractivity contribution is 5.82. The summed E-state index contributed by atoms with van der Waals surface area (Å²) in [6.45, 7) is 3.19. The highest BCUT2D eigenvalue weighted by atomic mass is 15.0. The molecular weight excluding hydrogens is 258 g/mol. The number of fused-ring (bicyclic) bond motifs is 1. The van der Waals surface area contributed by atoms with Gasteiger partial charge in [0, 0.05) is 11.9 Å². The van der Waals surface area contributed by atoms with Crippen molar-refractivity contribution in [2.75, 3.05) is 11.9 Å². The average Bonchev–Trinajstić information content (AvgIpc) is 3.01. The van der Waals surface area contributed by atoms with Crippen molar-refractivity contribution in [3.63, 3.8) is 0 Å². The molecule has 1 saturated carbocycles. The molecule has 0 atom stereocenters. The second-order valence-corrected chi connectivity index (χ2v) is 6.10. The number of aromatic nitrogens is 1. The summed E-state index contributed by atoms with van der Waals surface area (Å²) < 4.78 is 0. The maximum absolute atomic E-state index is 9.36. The minimum atomic E-state index is 0.389. The Balaban J connectivity index is 1.87. The average molecular weight is 279 g/mol. The van der Waals surface area contributed by atoms with Crippen LogP contribution in [0.15, 0.2) is 30.3 Å². The van der Waals surface area contributed by atoms with Crippen LogP contribution in [0.4, 0.5) is 5.82 Å². The summed E-state index contributed by atoms with van der Waals surface area (Å²) in [6.07, 6.45) is 6.41. The molecule has 1 fully saturated rings. The van der Waals surface area contributed by atoms with Crippen molar-refractivity contribution in [2.24, 2.45) is 5.41 Å². The molecule has 3 rings (SSSR count). The molecule has 1 N–H and O–H groups in total. The fourth-order valence-electron chi connectivity index (χ4n) is 3.39. The molecule has 3 nitrogen and oxygen atoms in total. The van der Waals surface area contributed by atoms with Crippen LogP contribution < -0.4 is 5.32 Å². The third-order valence-corrected chi connectivity index (χ3v) is 4.89. The molecule has 108 valence electrons. The minimum absolute atomic E-state index is 0.389. The largest absolute Gasteiger partial charge is 0.368 e. The topological polar surface area (TPSA) is 48.7 Å². The minimum Gasteiger partial charge on any atom is -0.368 e. The van der Waals surface area contributed by atoms with E-state index in [0.29, 0.717) is 11.0 Å². The Morgan fingerprint density at radius 1 is 1.29 bits per heavy atom. The molecule has 0 bridgehead atoms. The third-order valence-electron chi connectivity index (χ3n) is 4.89. The molecule has 1 aliphatic rings. The summed E-state index contributed by atoms with van der Waals surface area (Å²) in [5, 5.41) is 13.8. The lowest BCUT2D eigenvalue weighted by Gasteiger charge is -2.28. The standard InChI is InChI=1S/C18H21N3/c1-2-18(9-5-6-10-18)13-20-17-15(12-19)11-14-7-3-4-8-16(14)21-17/h3-4,7-8,11H,2,5-6,9-10,13H2,1H3,(H,20,21). The zero-order valence-electron chi connectivity index (χ0n) is 12.5. The number of nitrogens with zero attached hydrogens (tertiary/aromatic N) is 2. The van der Waals surface area contributed by atoms with Gasteiger partial charge in [0.15, 0.2) is 0 Å². The van der Waals surface area contributed by atoms with Gasteiger partial charge in [-0.15, -0.1) is 0 Å². The Hall–Kier alpha value is -2.08. The smallest absolute Gasteiger partial charge is 0.144 e. The van der Waals surface area contributed by atoms with Gasteiger partial charge in [0.1, 0.15) is 11.9 Å². The van der Waals surface area contributed by atoms with E-state index >= 15 is 0 Å². The van der Waals surface area contributed by atoms with Gasteiger partial charge in [0.2, 0.25) is 0 Å². The summed E-state index contributed by atoms with van der Waals surface area (Å²) >= 11 is 0. The maximum Gasteiger partial charge on any atom is 0.144 e. The van der Waals surface area contributed by atoms with E-state index in [1.165, 1.54) is 32.1 Å². The number of anilines is 1. The van der Waals surface area contributed by atoms with Crippen LogP contribution in [0.2, 0.25) is 0 Å². The fraction of sp³-hybridized carbons (Fsp3) is 0.444. The Morgan fingerprint density at radius 3 is 2.76 bits per heavy atom. The van der Waals surface area contributed by atoms with Crippen molar-refractivity contribution in [2.45, 2.75) is 39.0 Å². The Morgan fingerprint density at radius 2 is 2.05 bits per heavy atom. The lowest BCUT2D eigenvalue weighted by Crippen LogP contribution is -2.26. The number of para-hydroxylation sites is 1. The second kappa shape index (κ2) is 5.73. The first-order chi connectivity index (χ1) is 10.3. The molecule has 0 amide bonds. The van der Waals surface area contributed by atoms with Crippen LogP contribution in [-0.4, -0.2) is 11.5 Å². The van der Waals surface area contributed by atoms with Crippen LogP contribution in [0, 0.1) is 16.7 Å². The Bertz CT molecular complexity index is 678. The van der Waals surface area contributed by atoms with Gasteiger partial charge in [-0.05, 0) is 36.8 Å². The molecule has 0 radical (unpaired) electrons. The number of hydrogen-bond acceptors (Lipinski definition) is 3. The van der Waals surface area contributed by atoms with Gasteiger partial charge < -0.3 is 5.32 Å². The first-order valence-electron chi connectivity index (χ1n) is 7.80. The third kappa shape index (κ3) is 2.71. The zero-order chi connectivity index (χ0) is 14.7. The summed E-state index contributed by atoms with van der Waals surface area (Å²) in [5.41, 5.74) is 1.97. The van der Waals surface area contributed by atoms with Crippen molar-refractivity contribution in [3.8, 4) is 6.07 Å². The molecule has 2 aromatic rings. The highest BCUT2D eigenvalue weighted by Crippen LogP contribution is 2.41. The van der Waals surface area contributed by atoms with Crippen LogP contribution in [-0.2, 0) is 0 Å². The summed E-state index contributed by atoms with van der Waals surface area (Å²) in [5.74, 6) is 0.732. The van der Waals surface area contributed by atoms with E-state index in [1.54, 1.807) is 0 Å². The van der Waals surface area contributed by atoms with E-state index in [-0.39, 0.29) is 0 Å². The van der Waals surface area contributed by atoms with Crippen LogP contribution in [0.3, 0.4) is 0 Å². The second-order valence-electron chi connectivity index (χ2n) is 6.10. The highest BCUT2D eigenvalue weighted by Gasteiger charge is 2.31. The molecule has 21 heavy (non-hydrogen) atoms. The van der Waals surface area contributed by atoms with Gasteiger partial charge in [-0.1, -0.05) is 38.0 Å². The van der Waals surface area contributed by atoms with Crippen LogP contribution in [0.25, 0.3) is 10.9 Å². The van der Waals surface area contributed by atoms with Gasteiger partial charge in [-0.2, -0.15) is 5.26 Å². The molecule has 0 unspecified atom stereocenters. The SMILES string of the molecule is CCC1(CNc2nc3ccccc3cc2C#N)CCCC1. The molecule has 1 heterocycles. The van der Waals surface area contributed by atoms with Gasteiger partial charge >= 0.3 is 0 Å². The molecule has 3 heteroatoms. The predicted octanol–water partition coefficient (Wildman–Crippen LogP) is 4.49. The van der Waals surface area contributed by atoms with E-state index in [0.717, 1.165) is 23.3 Å². The van der Waals surface area contributed by atoms with E-state index in [2.05, 4.69) is 23.3 Å². The number of nitriles is 1. The number of nitrogens with one attached hydrogen (secondary N) is 1. The Kier molecular flexibility index (Phi) is 3.79. The first-order valence-corrected chi connectivity index (χ1v) is 7.80. The summed E-state index contributed by atoms with van der Waals surface area (Å²) in [7, 11) is 0. The molecular formula is C18H21N3. The van der Waals surface area contributed by atoms with E-state index in [9.17, 15) is 5.26 Å². The quantitative estimate of drug-likeness (QED) is 0.897. The molecule has 1 aromatic carbocycles. The number of hydrogen-bond donors (Lipinski definition) is 1. The summed E-state index contributed by atoms with van der Waals surface area (Å²) in [6, 6.07) is 12.1. The number of rotatable bonds is 4.